The highest BCUT2D eigenvalue weighted by molar-refractivity contribution is 5.41. The van der Waals surface area contributed by atoms with Gasteiger partial charge in [-0.3, -0.25) is 4.98 Å². The number of nitrogens with zero attached hydrogens (tertiary/aromatic N) is 1. The summed E-state index contributed by atoms with van der Waals surface area (Å²) in [5.74, 6) is 0.573. The van der Waals surface area contributed by atoms with Gasteiger partial charge in [-0.25, -0.2) is 0 Å². The Morgan fingerprint density at radius 1 is 1.43 bits per heavy atom. The minimum atomic E-state index is 0.573. The second-order valence-electron chi connectivity index (χ2n) is 4.33. The van der Waals surface area contributed by atoms with Crippen molar-refractivity contribution in [2.75, 3.05) is 0 Å². The molecule has 2 heteroatoms. The first-order chi connectivity index (χ1) is 6.74. The van der Waals surface area contributed by atoms with E-state index < -0.39 is 0 Å². The van der Waals surface area contributed by atoms with Crippen LogP contribution < -0.4 is 5.73 Å². The predicted octanol–water partition coefficient (Wildman–Crippen LogP) is 2.15. The van der Waals surface area contributed by atoms with Gasteiger partial charge >= 0.3 is 0 Å². The van der Waals surface area contributed by atoms with Crippen LogP contribution in [0.3, 0.4) is 0 Å². The van der Waals surface area contributed by atoms with E-state index in [1.807, 2.05) is 6.20 Å². The van der Waals surface area contributed by atoms with Crippen molar-refractivity contribution >= 4 is 0 Å². The molecule has 2 nitrogen and oxygen atoms in total. The average molecular weight is 190 g/mol. The van der Waals surface area contributed by atoms with Crippen LogP contribution in [0.25, 0.3) is 0 Å². The number of hydrogen-bond donors (Lipinski definition) is 1. The Balaban J connectivity index is 2.56. The normalized spacial score (nSPS) is 14.9. The molecule has 0 amide bonds. The van der Waals surface area contributed by atoms with Crippen LogP contribution in [-0.4, -0.2) is 4.98 Å². The summed E-state index contributed by atoms with van der Waals surface area (Å²) in [6.45, 7) is 5.11. The predicted molar refractivity (Wildman–Crippen MR) is 58.2 cm³/mol. The number of pyridine rings is 1. The van der Waals surface area contributed by atoms with Gasteiger partial charge in [0.25, 0.3) is 0 Å². The first kappa shape index (κ1) is 9.66. The summed E-state index contributed by atoms with van der Waals surface area (Å²) in [5.41, 5.74) is 11.2. The molecule has 14 heavy (non-hydrogen) atoms. The van der Waals surface area contributed by atoms with Crippen molar-refractivity contribution in [3.05, 3.63) is 28.6 Å². The second kappa shape index (κ2) is 3.70. The van der Waals surface area contributed by atoms with Crippen molar-refractivity contribution in [2.24, 2.45) is 5.73 Å². The molecule has 1 aromatic rings. The average Bonchev–Trinajstić information content (AvgIpc) is 2.62. The second-order valence-corrected chi connectivity index (χ2v) is 4.33. The monoisotopic (exact) mass is 190 g/mol. The molecule has 0 fully saturated rings. The van der Waals surface area contributed by atoms with Gasteiger partial charge < -0.3 is 5.73 Å². The van der Waals surface area contributed by atoms with Crippen molar-refractivity contribution in [2.45, 2.75) is 45.6 Å². The lowest BCUT2D eigenvalue weighted by Gasteiger charge is -2.15. The summed E-state index contributed by atoms with van der Waals surface area (Å²) >= 11 is 0. The van der Waals surface area contributed by atoms with E-state index in [2.05, 4.69) is 18.8 Å². The maximum Gasteiger partial charge on any atom is 0.0438 e. The topological polar surface area (TPSA) is 38.9 Å². The molecular weight excluding hydrogens is 172 g/mol. The zero-order valence-corrected chi connectivity index (χ0v) is 9.01. The molecule has 1 aliphatic carbocycles. The minimum absolute atomic E-state index is 0.573. The summed E-state index contributed by atoms with van der Waals surface area (Å²) in [6.07, 6.45) is 5.58. The van der Waals surface area contributed by atoms with E-state index in [0.29, 0.717) is 12.5 Å². The molecule has 0 aromatic carbocycles. The summed E-state index contributed by atoms with van der Waals surface area (Å²) in [7, 11) is 0. The fourth-order valence-corrected chi connectivity index (χ4v) is 2.46. The lowest BCUT2D eigenvalue weighted by Crippen LogP contribution is -2.08. The molecule has 1 aliphatic rings. The molecule has 0 radical (unpaired) electrons. The summed E-state index contributed by atoms with van der Waals surface area (Å²) < 4.78 is 0. The fraction of sp³-hybridized carbons (Fsp3) is 0.583. The van der Waals surface area contributed by atoms with Gasteiger partial charge in [0.2, 0.25) is 0 Å². The van der Waals surface area contributed by atoms with E-state index in [-0.39, 0.29) is 0 Å². The molecule has 0 saturated carbocycles. The van der Waals surface area contributed by atoms with E-state index in [9.17, 15) is 0 Å². The summed E-state index contributed by atoms with van der Waals surface area (Å²) in [6, 6.07) is 0. The zero-order chi connectivity index (χ0) is 10.1. The van der Waals surface area contributed by atoms with Crippen LogP contribution in [0.2, 0.25) is 0 Å². The molecule has 1 aromatic heterocycles. The Morgan fingerprint density at radius 2 is 2.21 bits per heavy atom. The van der Waals surface area contributed by atoms with Crippen LogP contribution in [0.5, 0.6) is 0 Å². The number of fused-ring (bicyclic) bond motifs is 1. The highest BCUT2D eigenvalue weighted by Crippen LogP contribution is 2.30. The number of nitrogens with two attached hydrogens (primary N) is 1. The standard InChI is InChI=1S/C12H18N2/c1-8(2)12-9(6-13)7-14-11-5-3-4-10(11)12/h7-8H,3-6,13H2,1-2H3. The van der Waals surface area contributed by atoms with E-state index >= 15 is 0 Å². The molecule has 0 aliphatic heterocycles. The van der Waals surface area contributed by atoms with Gasteiger partial charge in [0.05, 0.1) is 0 Å². The number of rotatable bonds is 2. The first-order valence-electron chi connectivity index (χ1n) is 5.43. The van der Waals surface area contributed by atoms with Crippen LogP contribution in [0.15, 0.2) is 6.20 Å². The van der Waals surface area contributed by atoms with Gasteiger partial charge in [0, 0.05) is 18.4 Å². The van der Waals surface area contributed by atoms with Gasteiger partial charge in [0.1, 0.15) is 0 Å². The molecule has 2 N–H and O–H groups in total. The van der Waals surface area contributed by atoms with Crippen molar-refractivity contribution < 1.29 is 0 Å². The van der Waals surface area contributed by atoms with Gasteiger partial charge in [-0.1, -0.05) is 13.8 Å². The molecule has 76 valence electrons. The van der Waals surface area contributed by atoms with E-state index in [4.69, 9.17) is 5.73 Å². The Kier molecular flexibility index (Phi) is 2.55. The van der Waals surface area contributed by atoms with Crippen LogP contribution in [-0.2, 0) is 19.4 Å². The van der Waals surface area contributed by atoms with Crippen molar-refractivity contribution in [1.29, 1.82) is 0 Å². The Morgan fingerprint density at radius 3 is 2.86 bits per heavy atom. The third-order valence-electron chi connectivity index (χ3n) is 3.03. The maximum atomic E-state index is 5.74. The largest absolute Gasteiger partial charge is 0.326 e. The van der Waals surface area contributed by atoms with Crippen molar-refractivity contribution in [3.8, 4) is 0 Å². The highest BCUT2D eigenvalue weighted by atomic mass is 14.7. The quantitative estimate of drug-likeness (QED) is 0.776. The number of hydrogen-bond acceptors (Lipinski definition) is 2. The van der Waals surface area contributed by atoms with E-state index in [1.165, 1.54) is 35.2 Å². The number of aryl methyl sites for hydroxylation is 1. The zero-order valence-electron chi connectivity index (χ0n) is 9.01. The van der Waals surface area contributed by atoms with Gasteiger partial charge in [0.15, 0.2) is 0 Å². The van der Waals surface area contributed by atoms with E-state index in [0.717, 1.165) is 6.42 Å². The van der Waals surface area contributed by atoms with E-state index in [1.54, 1.807) is 0 Å². The van der Waals surface area contributed by atoms with Crippen LogP contribution >= 0.6 is 0 Å². The molecule has 0 bridgehead atoms. The van der Waals surface area contributed by atoms with Gasteiger partial charge in [-0.15, -0.1) is 0 Å². The lowest BCUT2D eigenvalue weighted by molar-refractivity contribution is 0.811. The van der Waals surface area contributed by atoms with Gasteiger partial charge in [-0.05, 0) is 41.9 Å². The first-order valence-corrected chi connectivity index (χ1v) is 5.43. The Hall–Kier alpha value is -0.890. The van der Waals surface area contributed by atoms with Crippen LogP contribution in [0.4, 0.5) is 0 Å². The summed E-state index contributed by atoms with van der Waals surface area (Å²) in [5, 5.41) is 0. The third kappa shape index (κ3) is 1.44. The highest BCUT2D eigenvalue weighted by Gasteiger charge is 2.20. The minimum Gasteiger partial charge on any atom is -0.326 e. The van der Waals surface area contributed by atoms with Gasteiger partial charge in [-0.2, -0.15) is 0 Å². The number of aromatic nitrogens is 1. The third-order valence-corrected chi connectivity index (χ3v) is 3.03. The molecule has 2 rings (SSSR count). The summed E-state index contributed by atoms with van der Waals surface area (Å²) in [4.78, 5) is 4.49. The molecule has 0 saturated heterocycles. The van der Waals surface area contributed by atoms with Crippen LogP contribution in [0.1, 0.15) is 48.6 Å². The molecule has 0 unspecified atom stereocenters. The van der Waals surface area contributed by atoms with Crippen LogP contribution in [0, 0.1) is 0 Å². The van der Waals surface area contributed by atoms with Crippen molar-refractivity contribution in [1.82, 2.24) is 4.98 Å². The molecule has 0 spiro atoms. The maximum absolute atomic E-state index is 5.74. The Bertz CT molecular complexity index is 342. The molecule has 1 heterocycles. The molecule has 0 atom stereocenters. The molecular formula is C12H18N2. The SMILES string of the molecule is CC(C)c1c(CN)cnc2c1CCC2. The Labute approximate surface area is 85.5 Å². The fourth-order valence-electron chi connectivity index (χ4n) is 2.46. The lowest BCUT2D eigenvalue weighted by atomic mass is 9.93. The van der Waals surface area contributed by atoms with Crippen molar-refractivity contribution in [3.63, 3.8) is 0 Å². The smallest absolute Gasteiger partial charge is 0.0438 e.